The third-order valence-corrected chi connectivity index (χ3v) is 7.55. The maximum Gasteiger partial charge on any atom is 0.267 e. The first-order valence-corrected chi connectivity index (χ1v) is 11.4. The van der Waals surface area contributed by atoms with E-state index in [-0.39, 0.29) is 5.56 Å². The summed E-state index contributed by atoms with van der Waals surface area (Å²) in [6.07, 6.45) is 10.5. The molecule has 0 unspecified atom stereocenters. The molecule has 2 aliphatic carbocycles. The Morgan fingerprint density at radius 2 is 1.85 bits per heavy atom. The van der Waals surface area contributed by atoms with E-state index in [0.717, 1.165) is 64.0 Å². The average molecular weight is 385 g/mol. The fourth-order valence-corrected chi connectivity index (χ4v) is 6.01. The highest BCUT2D eigenvalue weighted by atomic mass is 32.1. The van der Waals surface area contributed by atoms with Crippen molar-refractivity contribution in [2.45, 2.75) is 70.9 Å². The molecule has 0 N–H and O–H groups in total. The molecule has 144 valence electrons. The van der Waals surface area contributed by atoms with E-state index in [0.29, 0.717) is 5.92 Å². The van der Waals surface area contributed by atoms with Gasteiger partial charge in [0, 0.05) is 17.5 Å². The van der Waals surface area contributed by atoms with E-state index >= 15 is 0 Å². The standard InChI is InChI=1S/C21H28N4OS/c26-21-12-16-4-3-6-17(16)23-25(21)13-15-8-10-24(11-9-15)14-20-22-18-5-1-2-7-19(18)27-20/h12,15H,1-11,13-14H2. The van der Waals surface area contributed by atoms with Gasteiger partial charge in [-0.1, -0.05) is 0 Å². The minimum atomic E-state index is 0.0893. The minimum Gasteiger partial charge on any atom is -0.297 e. The van der Waals surface area contributed by atoms with Crippen LogP contribution in [0, 0.1) is 5.92 Å². The number of fused-ring (bicyclic) bond motifs is 2. The molecule has 0 bridgehead atoms. The van der Waals surface area contributed by atoms with Gasteiger partial charge in [0.2, 0.25) is 0 Å². The van der Waals surface area contributed by atoms with Gasteiger partial charge in [-0.05, 0) is 82.4 Å². The van der Waals surface area contributed by atoms with Crippen LogP contribution in [-0.2, 0) is 38.8 Å². The number of thiazole rings is 1. The van der Waals surface area contributed by atoms with Crippen LogP contribution in [0.1, 0.15) is 58.9 Å². The van der Waals surface area contributed by atoms with Crippen molar-refractivity contribution < 1.29 is 0 Å². The summed E-state index contributed by atoms with van der Waals surface area (Å²) >= 11 is 1.94. The molecule has 0 atom stereocenters. The topological polar surface area (TPSA) is 51.0 Å². The molecule has 3 aliphatic rings. The molecule has 0 aromatic carbocycles. The highest BCUT2D eigenvalue weighted by molar-refractivity contribution is 7.11. The van der Waals surface area contributed by atoms with E-state index in [9.17, 15) is 4.79 Å². The van der Waals surface area contributed by atoms with Gasteiger partial charge in [-0.15, -0.1) is 11.3 Å². The Kier molecular flexibility index (Phi) is 4.86. The summed E-state index contributed by atoms with van der Waals surface area (Å²) in [6, 6.07) is 1.83. The Morgan fingerprint density at radius 3 is 2.70 bits per heavy atom. The number of likely N-dealkylation sites (tertiary alicyclic amines) is 1. The van der Waals surface area contributed by atoms with E-state index < -0.39 is 0 Å². The summed E-state index contributed by atoms with van der Waals surface area (Å²) in [5, 5.41) is 5.96. The van der Waals surface area contributed by atoms with Crippen LogP contribution in [0.25, 0.3) is 0 Å². The van der Waals surface area contributed by atoms with Gasteiger partial charge in [-0.3, -0.25) is 9.69 Å². The molecular formula is C21H28N4OS. The number of aryl methyl sites for hydroxylation is 4. The largest absolute Gasteiger partial charge is 0.297 e. The van der Waals surface area contributed by atoms with Crippen LogP contribution in [0.4, 0.5) is 0 Å². The monoisotopic (exact) mass is 384 g/mol. The smallest absolute Gasteiger partial charge is 0.267 e. The van der Waals surface area contributed by atoms with Crippen LogP contribution in [0.2, 0.25) is 0 Å². The second-order valence-corrected chi connectivity index (χ2v) is 9.56. The molecule has 1 aliphatic heterocycles. The molecule has 0 spiro atoms. The molecule has 0 saturated carbocycles. The van der Waals surface area contributed by atoms with Gasteiger partial charge in [0.25, 0.3) is 5.56 Å². The second-order valence-electron chi connectivity index (χ2n) is 8.39. The molecule has 1 saturated heterocycles. The predicted octanol–water partition coefficient (Wildman–Crippen LogP) is 2.98. The Balaban J connectivity index is 1.17. The lowest BCUT2D eigenvalue weighted by Gasteiger charge is -2.31. The van der Waals surface area contributed by atoms with Gasteiger partial charge < -0.3 is 0 Å². The number of hydrogen-bond acceptors (Lipinski definition) is 5. The van der Waals surface area contributed by atoms with Gasteiger partial charge >= 0.3 is 0 Å². The van der Waals surface area contributed by atoms with Gasteiger partial charge in [0.15, 0.2) is 0 Å². The van der Waals surface area contributed by atoms with Crippen molar-refractivity contribution in [2.24, 2.45) is 5.92 Å². The molecule has 5 rings (SSSR count). The fraction of sp³-hybridized carbons (Fsp3) is 0.667. The zero-order valence-corrected chi connectivity index (χ0v) is 16.8. The van der Waals surface area contributed by atoms with Crippen LogP contribution >= 0.6 is 11.3 Å². The Bertz CT molecular complexity index is 855. The average Bonchev–Trinajstić information content (AvgIpc) is 3.29. The SMILES string of the molecule is O=c1cc2c(nn1CC1CCN(Cc3nc4c(s3)CCCC4)CC1)CCC2. The number of aromatic nitrogens is 3. The van der Waals surface area contributed by atoms with Crippen molar-refractivity contribution in [2.75, 3.05) is 13.1 Å². The lowest BCUT2D eigenvalue weighted by atomic mass is 9.97. The van der Waals surface area contributed by atoms with Crippen LogP contribution < -0.4 is 5.56 Å². The molecule has 3 heterocycles. The molecule has 1 fully saturated rings. The normalized spacial score (nSPS) is 20.6. The first kappa shape index (κ1) is 17.6. The van der Waals surface area contributed by atoms with E-state index in [1.165, 1.54) is 46.8 Å². The third-order valence-electron chi connectivity index (χ3n) is 6.41. The Morgan fingerprint density at radius 1 is 1.04 bits per heavy atom. The maximum atomic E-state index is 12.3. The summed E-state index contributed by atoms with van der Waals surface area (Å²) < 4.78 is 1.74. The lowest BCUT2D eigenvalue weighted by Crippen LogP contribution is -2.36. The molecule has 2 aromatic rings. The lowest BCUT2D eigenvalue weighted by molar-refractivity contribution is 0.163. The molecule has 6 heteroatoms. The van der Waals surface area contributed by atoms with E-state index in [4.69, 9.17) is 4.98 Å². The molecule has 27 heavy (non-hydrogen) atoms. The van der Waals surface area contributed by atoms with Crippen molar-refractivity contribution in [3.63, 3.8) is 0 Å². The van der Waals surface area contributed by atoms with E-state index in [1.54, 1.807) is 4.68 Å². The Labute approximate surface area is 164 Å². The summed E-state index contributed by atoms with van der Waals surface area (Å²) in [4.78, 5) is 21.3. The van der Waals surface area contributed by atoms with Gasteiger partial charge in [0.1, 0.15) is 5.01 Å². The zero-order valence-electron chi connectivity index (χ0n) is 16.0. The summed E-state index contributed by atoms with van der Waals surface area (Å²) in [5.74, 6) is 0.565. The first-order valence-electron chi connectivity index (χ1n) is 10.5. The van der Waals surface area contributed by atoms with Crippen LogP contribution in [0.5, 0.6) is 0 Å². The van der Waals surface area contributed by atoms with Gasteiger partial charge in [-0.2, -0.15) is 5.10 Å². The van der Waals surface area contributed by atoms with E-state index in [2.05, 4.69) is 10.00 Å². The quantitative estimate of drug-likeness (QED) is 0.813. The highest BCUT2D eigenvalue weighted by Crippen LogP contribution is 2.28. The fourth-order valence-electron chi connectivity index (χ4n) is 4.81. The number of hydrogen-bond donors (Lipinski definition) is 0. The van der Waals surface area contributed by atoms with E-state index in [1.807, 2.05) is 17.4 Å². The minimum absolute atomic E-state index is 0.0893. The number of piperidine rings is 1. The highest BCUT2D eigenvalue weighted by Gasteiger charge is 2.23. The van der Waals surface area contributed by atoms with Crippen molar-refractivity contribution in [3.05, 3.63) is 43.3 Å². The predicted molar refractivity (Wildman–Crippen MR) is 107 cm³/mol. The van der Waals surface area contributed by atoms with Crippen molar-refractivity contribution in [1.29, 1.82) is 0 Å². The summed E-state index contributed by atoms with van der Waals surface area (Å²) in [5.41, 5.74) is 3.79. The van der Waals surface area contributed by atoms with Crippen molar-refractivity contribution in [1.82, 2.24) is 19.7 Å². The van der Waals surface area contributed by atoms with Crippen LogP contribution in [0.3, 0.4) is 0 Å². The summed E-state index contributed by atoms with van der Waals surface area (Å²) in [7, 11) is 0. The van der Waals surface area contributed by atoms with Crippen LogP contribution in [-0.4, -0.2) is 32.8 Å². The molecule has 0 amide bonds. The molecular weight excluding hydrogens is 356 g/mol. The first-order chi connectivity index (χ1) is 13.2. The van der Waals surface area contributed by atoms with Crippen molar-refractivity contribution >= 4 is 11.3 Å². The number of nitrogens with zero attached hydrogens (tertiary/aromatic N) is 4. The van der Waals surface area contributed by atoms with Crippen LogP contribution in [0.15, 0.2) is 10.9 Å². The third kappa shape index (κ3) is 3.74. The molecule has 5 nitrogen and oxygen atoms in total. The molecule has 2 aromatic heterocycles. The molecule has 0 radical (unpaired) electrons. The Hall–Kier alpha value is -1.53. The second kappa shape index (κ2) is 7.47. The maximum absolute atomic E-state index is 12.3. The van der Waals surface area contributed by atoms with Gasteiger partial charge in [0.05, 0.1) is 17.9 Å². The summed E-state index contributed by atoms with van der Waals surface area (Å²) in [6.45, 7) is 4.00. The zero-order chi connectivity index (χ0) is 18.2. The number of rotatable bonds is 4. The van der Waals surface area contributed by atoms with Gasteiger partial charge in [-0.25, -0.2) is 9.67 Å². The van der Waals surface area contributed by atoms with Crippen molar-refractivity contribution in [3.8, 4) is 0 Å².